The summed E-state index contributed by atoms with van der Waals surface area (Å²) in [6.45, 7) is 0.659. The Balaban J connectivity index is 1.66. The van der Waals surface area contributed by atoms with Crippen LogP contribution < -0.4 is 33.8 Å². The van der Waals surface area contributed by atoms with Crippen LogP contribution in [0.3, 0.4) is 0 Å². The van der Waals surface area contributed by atoms with E-state index in [9.17, 15) is 19.8 Å². The number of nitrogens with zero attached hydrogens (tertiary/aromatic N) is 1. The lowest BCUT2D eigenvalue weighted by Crippen LogP contribution is -2.36. The summed E-state index contributed by atoms with van der Waals surface area (Å²) in [6.07, 6.45) is 0.362. The molecule has 0 saturated carbocycles. The molecule has 50 heavy (non-hydrogen) atoms. The van der Waals surface area contributed by atoms with Gasteiger partial charge >= 0.3 is 5.97 Å². The van der Waals surface area contributed by atoms with Gasteiger partial charge in [0.25, 0.3) is 0 Å². The number of rotatable bonds is 13. The highest BCUT2D eigenvalue weighted by atomic mass is 16.5. The average Bonchev–Trinajstić information content (AvgIpc) is 3.14. The molecule has 266 valence electrons. The third kappa shape index (κ3) is 6.95. The van der Waals surface area contributed by atoms with E-state index in [0.29, 0.717) is 47.3 Å². The highest BCUT2D eigenvalue weighted by molar-refractivity contribution is 5.71. The van der Waals surface area contributed by atoms with Crippen LogP contribution in [0, 0.1) is 0 Å². The molecule has 2 atom stereocenters. The number of phenols is 1. The molecule has 0 aliphatic carbocycles. The Morgan fingerprint density at radius 2 is 1.46 bits per heavy atom. The number of carbonyl (C=O) groups is 1. The van der Waals surface area contributed by atoms with Gasteiger partial charge in [-0.3, -0.25) is 14.5 Å². The number of hydrogen-bond donors (Lipinski definition) is 2. The Labute approximate surface area is 289 Å². The summed E-state index contributed by atoms with van der Waals surface area (Å²) in [4.78, 5) is 28.0. The normalized spacial score (nSPS) is 14.7. The SMILES string of the molecule is COC(=O)C[C@H](c1ccc(O)c(OC)c1)c1oc(CN2CCc3cc(OC)c(OC)cc3[C@@H]2c2cc(OC)c(OC)c(OC)c2)cc(=O)c1O. The molecular formula is C37H41NO12. The molecule has 0 bridgehead atoms. The van der Waals surface area contributed by atoms with Gasteiger partial charge in [-0.15, -0.1) is 0 Å². The molecule has 13 heteroatoms. The van der Waals surface area contributed by atoms with Crippen LogP contribution in [0.15, 0.2) is 57.7 Å². The smallest absolute Gasteiger partial charge is 0.306 e. The Morgan fingerprint density at radius 3 is 2.06 bits per heavy atom. The van der Waals surface area contributed by atoms with E-state index in [1.165, 1.54) is 39.5 Å². The molecule has 1 aliphatic heterocycles. The van der Waals surface area contributed by atoms with E-state index >= 15 is 0 Å². The summed E-state index contributed by atoms with van der Waals surface area (Å²) >= 11 is 0. The fourth-order valence-electron chi connectivity index (χ4n) is 6.41. The van der Waals surface area contributed by atoms with Crippen molar-refractivity contribution in [3.05, 3.63) is 92.5 Å². The standard InChI is InChI=1S/C37H41NO12/c1-43-28-12-20(8-9-26(28)39)25(18-33(41)48-6)36-35(42)27(40)16-23(50-36)19-38-11-10-21-13-29(44-2)30(45-3)17-24(21)34(38)22-14-31(46-4)37(49-7)32(15-22)47-5/h8-9,12-17,25,34,39,42H,10-11,18-19H2,1-7H3/t25-,34+/m1/s1. The Kier molecular flexibility index (Phi) is 11.0. The van der Waals surface area contributed by atoms with E-state index in [1.54, 1.807) is 34.5 Å². The molecule has 0 saturated heterocycles. The lowest BCUT2D eigenvalue weighted by atomic mass is 9.87. The van der Waals surface area contributed by atoms with Gasteiger partial charge in [0.05, 0.1) is 74.7 Å². The second-order valence-corrected chi connectivity index (χ2v) is 11.5. The number of esters is 1. The van der Waals surface area contributed by atoms with Gasteiger partial charge in [-0.25, -0.2) is 0 Å². The molecule has 2 heterocycles. The van der Waals surface area contributed by atoms with Crippen molar-refractivity contribution < 1.29 is 52.6 Å². The van der Waals surface area contributed by atoms with Gasteiger partial charge in [0, 0.05) is 12.6 Å². The number of hydrogen-bond acceptors (Lipinski definition) is 13. The van der Waals surface area contributed by atoms with Crippen molar-refractivity contribution in [1.29, 1.82) is 0 Å². The van der Waals surface area contributed by atoms with E-state index in [-0.39, 0.29) is 36.0 Å². The minimum absolute atomic E-state index is 0.120. The quantitative estimate of drug-likeness (QED) is 0.182. The van der Waals surface area contributed by atoms with Crippen LogP contribution in [0.1, 0.15) is 52.2 Å². The molecule has 1 aromatic heterocycles. The van der Waals surface area contributed by atoms with E-state index < -0.39 is 29.1 Å². The highest BCUT2D eigenvalue weighted by Gasteiger charge is 2.34. The first kappa shape index (κ1) is 35.7. The molecule has 0 fully saturated rings. The average molecular weight is 692 g/mol. The van der Waals surface area contributed by atoms with Crippen molar-refractivity contribution in [2.24, 2.45) is 0 Å². The maximum Gasteiger partial charge on any atom is 0.306 e. The highest BCUT2D eigenvalue weighted by Crippen LogP contribution is 2.46. The summed E-state index contributed by atoms with van der Waals surface area (Å²) in [5, 5.41) is 21.2. The Hall–Kier alpha value is -5.56. The largest absolute Gasteiger partial charge is 0.504 e. The van der Waals surface area contributed by atoms with Crippen molar-refractivity contribution in [3.63, 3.8) is 0 Å². The summed E-state index contributed by atoms with van der Waals surface area (Å²) < 4.78 is 44.8. The van der Waals surface area contributed by atoms with Crippen LogP contribution in [-0.4, -0.2) is 77.4 Å². The first-order chi connectivity index (χ1) is 24.1. The number of fused-ring (bicyclic) bond motifs is 1. The molecule has 2 N–H and O–H groups in total. The number of methoxy groups -OCH3 is 7. The van der Waals surface area contributed by atoms with Gasteiger partial charge in [-0.2, -0.15) is 0 Å². The maximum atomic E-state index is 13.3. The van der Waals surface area contributed by atoms with E-state index in [1.807, 2.05) is 24.3 Å². The van der Waals surface area contributed by atoms with Gasteiger partial charge in [-0.1, -0.05) is 6.07 Å². The van der Waals surface area contributed by atoms with Crippen molar-refractivity contribution in [2.75, 3.05) is 56.3 Å². The van der Waals surface area contributed by atoms with Crippen molar-refractivity contribution in [1.82, 2.24) is 4.90 Å². The predicted molar refractivity (Wildman–Crippen MR) is 181 cm³/mol. The van der Waals surface area contributed by atoms with E-state index in [2.05, 4.69) is 4.90 Å². The molecule has 13 nitrogen and oxygen atoms in total. The second kappa shape index (κ2) is 15.3. The molecule has 0 amide bonds. The molecule has 0 radical (unpaired) electrons. The topological polar surface area (TPSA) is 156 Å². The van der Waals surface area contributed by atoms with Gasteiger partial charge in [0.2, 0.25) is 16.9 Å². The number of benzene rings is 3. The van der Waals surface area contributed by atoms with Crippen LogP contribution in [0.25, 0.3) is 0 Å². The molecule has 0 spiro atoms. The molecule has 3 aromatic carbocycles. The number of carbonyl (C=O) groups excluding carboxylic acids is 1. The lowest BCUT2D eigenvalue weighted by molar-refractivity contribution is -0.140. The van der Waals surface area contributed by atoms with Crippen LogP contribution >= 0.6 is 0 Å². The van der Waals surface area contributed by atoms with Crippen molar-refractivity contribution in [2.45, 2.75) is 31.3 Å². The lowest BCUT2D eigenvalue weighted by Gasteiger charge is -2.38. The van der Waals surface area contributed by atoms with E-state index in [0.717, 1.165) is 16.7 Å². The minimum Gasteiger partial charge on any atom is -0.504 e. The number of phenolic OH excluding ortho intramolecular Hbond substituents is 1. The molecular weight excluding hydrogens is 650 g/mol. The first-order valence-electron chi connectivity index (χ1n) is 15.7. The third-order valence-electron chi connectivity index (χ3n) is 8.86. The summed E-state index contributed by atoms with van der Waals surface area (Å²) in [7, 11) is 10.4. The maximum absolute atomic E-state index is 13.3. The zero-order valence-corrected chi connectivity index (χ0v) is 29.0. The van der Waals surface area contributed by atoms with Gasteiger partial charge in [0.15, 0.2) is 40.3 Å². The Morgan fingerprint density at radius 1 is 0.820 bits per heavy atom. The molecule has 1 aliphatic rings. The summed E-state index contributed by atoms with van der Waals surface area (Å²) in [6, 6.07) is 12.9. The van der Waals surface area contributed by atoms with Gasteiger partial charge in [-0.05, 0) is 65.1 Å². The third-order valence-corrected chi connectivity index (χ3v) is 8.86. The fraction of sp³-hybridized carbons (Fsp3) is 0.351. The van der Waals surface area contributed by atoms with E-state index in [4.69, 9.17) is 37.6 Å². The Bertz CT molecular complexity index is 1890. The van der Waals surface area contributed by atoms with Crippen LogP contribution in [0.5, 0.6) is 46.0 Å². The van der Waals surface area contributed by atoms with Crippen molar-refractivity contribution >= 4 is 5.97 Å². The fourth-order valence-corrected chi connectivity index (χ4v) is 6.41. The van der Waals surface area contributed by atoms with Gasteiger partial charge in [0.1, 0.15) is 5.76 Å². The molecule has 4 aromatic rings. The second-order valence-electron chi connectivity index (χ2n) is 11.5. The van der Waals surface area contributed by atoms with Crippen LogP contribution in [-0.2, 0) is 22.5 Å². The summed E-state index contributed by atoms with van der Waals surface area (Å²) in [5.41, 5.74) is 2.52. The summed E-state index contributed by atoms with van der Waals surface area (Å²) in [5.74, 6) is 0.436. The number of ether oxygens (including phenoxy) is 7. The zero-order chi connectivity index (χ0) is 36.1. The van der Waals surface area contributed by atoms with Gasteiger partial charge < -0.3 is 47.8 Å². The van der Waals surface area contributed by atoms with Crippen molar-refractivity contribution in [3.8, 4) is 46.0 Å². The van der Waals surface area contributed by atoms with Crippen LogP contribution in [0.4, 0.5) is 0 Å². The van der Waals surface area contributed by atoms with Crippen LogP contribution in [0.2, 0.25) is 0 Å². The zero-order valence-electron chi connectivity index (χ0n) is 29.0. The molecule has 0 unspecified atom stereocenters. The monoisotopic (exact) mass is 691 g/mol. The predicted octanol–water partition coefficient (Wildman–Crippen LogP) is 4.95. The number of aromatic hydroxyl groups is 2. The first-order valence-corrected chi connectivity index (χ1v) is 15.7. The minimum atomic E-state index is -0.950. The molecule has 5 rings (SSSR count).